The van der Waals surface area contributed by atoms with E-state index in [4.69, 9.17) is 4.74 Å². The number of ether oxygens (including phenoxy) is 2. The van der Waals surface area contributed by atoms with Gasteiger partial charge in [0.1, 0.15) is 5.44 Å². The molecule has 1 aromatic carbocycles. The van der Waals surface area contributed by atoms with E-state index in [9.17, 15) is 13.6 Å². The van der Waals surface area contributed by atoms with Crippen molar-refractivity contribution < 1.29 is 23.0 Å². The van der Waals surface area contributed by atoms with E-state index in [1.54, 1.807) is 24.3 Å². The molecule has 1 aromatic rings. The predicted molar refractivity (Wildman–Crippen MR) is 68.7 cm³/mol. The van der Waals surface area contributed by atoms with Gasteiger partial charge in [-0.05, 0) is 35.3 Å². The fraction of sp³-hybridized carbons (Fsp3) is 0.417. The van der Waals surface area contributed by atoms with E-state index in [1.165, 1.54) is 7.11 Å². The van der Waals surface area contributed by atoms with Gasteiger partial charge in [0.05, 0.1) is 25.8 Å². The first-order chi connectivity index (χ1) is 9.11. The Labute approximate surface area is 113 Å². The summed E-state index contributed by atoms with van der Waals surface area (Å²) in [5.41, 5.74) is 0.504. The van der Waals surface area contributed by atoms with Crippen molar-refractivity contribution in [1.29, 1.82) is 0 Å². The fourth-order valence-corrected chi connectivity index (χ4v) is 2.40. The van der Waals surface area contributed by atoms with Crippen LogP contribution in [-0.2, 0) is 20.6 Å². The highest BCUT2D eigenvalue weighted by Gasteiger charge is 2.21. The third-order valence-electron chi connectivity index (χ3n) is 2.90. The van der Waals surface area contributed by atoms with Crippen LogP contribution < -0.4 is 4.90 Å². The minimum absolute atomic E-state index is 0.285. The number of hydrogen-bond donors (Lipinski definition) is 0. The molecule has 6 nitrogen and oxygen atoms in total. The van der Waals surface area contributed by atoms with Gasteiger partial charge >= 0.3 is 5.97 Å². The Kier molecular flexibility index (Phi) is 4.52. The van der Waals surface area contributed by atoms with Crippen molar-refractivity contribution in [2.24, 2.45) is 0 Å². The molecular formula is C12H14NO5S-. The average molecular weight is 284 g/mol. The van der Waals surface area contributed by atoms with Gasteiger partial charge in [0.25, 0.3) is 0 Å². The van der Waals surface area contributed by atoms with E-state index in [0.29, 0.717) is 18.7 Å². The number of rotatable bonds is 3. The summed E-state index contributed by atoms with van der Waals surface area (Å²) < 4.78 is 31.6. The molecule has 0 amide bonds. The van der Waals surface area contributed by atoms with Crippen molar-refractivity contribution in [2.45, 2.75) is 5.44 Å². The molecule has 1 aliphatic rings. The van der Waals surface area contributed by atoms with Gasteiger partial charge in [-0.3, -0.25) is 4.21 Å². The molecule has 104 valence electrons. The summed E-state index contributed by atoms with van der Waals surface area (Å²) in [5, 5.41) is 0. The molecule has 0 spiro atoms. The van der Waals surface area contributed by atoms with Crippen molar-refractivity contribution in [2.75, 3.05) is 31.7 Å². The Morgan fingerprint density at radius 2 is 2.16 bits per heavy atom. The molecular weight excluding hydrogens is 270 g/mol. The number of carbonyl (C=O) groups is 1. The van der Waals surface area contributed by atoms with Crippen LogP contribution in [0.4, 0.5) is 5.69 Å². The Hall–Kier alpha value is -1.44. The van der Waals surface area contributed by atoms with E-state index >= 15 is 0 Å². The minimum Gasteiger partial charge on any atom is -0.770 e. The maximum Gasteiger partial charge on any atom is 0.337 e. The van der Waals surface area contributed by atoms with E-state index in [-0.39, 0.29) is 6.54 Å². The number of nitrogens with zero attached hydrogens (tertiary/aromatic N) is 1. The highest BCUT2D eigenvalue weighted by atomic mass is 32.2. The van der Waals surface area contributed by atoms with E-state index in [0.717, 1.165) is 5.69 Å². The molecule has 1 fully saturated rings. The number of methoxy groups -OCH3 is 1. The second-order valence-corrected chi connectivity index (χ2v) is 5.09. The maximum absolute atomic E-state index is 11.3. The second kappa shape index (κ2) is 6.14. The highest BCUT2D eigenvalue weighted by Crippen LogP contribution is 2.19. The average Bonchev–Trinajstić information content (AvgIpc) is 2.46. The molecule has 0 radical (unpaired) electrons. The number of anilines is 1. The SMILES string of the molecule is COC(=O)c1ccc(N2CCOC(S(=O)[O-])C2)cc1. The third kappa shape index (κ3) is 3.31. The fourth-order valence-electron chi connectivity index (χ4n) is 1.90. The lowest BCUT2D eigenvalue weighted by atomic mass is 10.2. The Balaban J connectivity index is 2.09. The number of benzene rings is 1. The van der Waals surface area contributed by atoms with Crippen LogP contribution >= 0.6 is 0 Å². The molecule has 0 aliphatic carbocycles. The number of carbonyl (C=O) groups excluding carboxylic acids is 1. The zero-order valence-electron chi connectivity index (χ0n) is 10.4. The van der Waals surface area contributed by atoms with Crippen LogP contribution in [0, 0.1) is 0 Å². The number of esters is 1. The number of hydrogen-bond acceptors (Lipinski definition) is 6. The Morgan fingerprint density at radius 1 is 1.47 bits per heavy atom. The van der Waals surface area contributed by atoms with Crippen LogP contribution in [0.15, 0.2) is 24.3 Å². The van der Waals surface area contributed by atoms with E-state index in [1.807, 2.05) is 4.90 Å². The van der Waals surface area contributed by atoms with Crippen LogP contribution in [0.2, 0.25) is 0 Å². The molecule has 1 aliphatic heterocycles. The van der Waals surface area contributed by atoms with Crippen molar-refractivity contribution in [1.82, 2.24) is 0 Å². The zero-order chi connectivity index (χ0) is 13.8. The lowest BCUT2D eigenvalue weighted by Crippen LogP contribution is -2.44. The molecule has 2 rings (SSSR count). The van der Waals surface area contributed by atoms with E-state index in [2.05, 4.69) is 4.74 Å². The molecule has 0 aromatic heterocycles. The first-order valence-electron chi connectivity index (χ1n) is 5.75. The standard InChI is InChI=1S/C12H15NO5S/c1-17-12(14)9-2-4-10(5-3-9)13-6-7-18-11(8-13)19(15)16/h2-5,11H,6-8H2,1H3,(H,15,16)/p-1. The molecule has 0 saturated carbocycles. The largest absolute Gasteiger partial charge is 0.770 e. The van der Waals surface area contributed by atoms with Gasteiger partial charge in [0, 0.05) is 12.2 Å². The van der Waals surface area contributed by atoms with Gasteiger partial charge in [-0.25, -0.2) is 4.79 Å². The van der Waals surface area contributed by atoms with Gasteiger partial charge in [0.15, 0.2) is 0 Å². The van der Waals surface area contributed by atoms with Gasteiger partial charge in [-0.1, -0.05) is 0 Å². The summed E-state index contributed by atoms with van der Waals surface area (Å²) in [6.45, 7) is 1.26. The normalized spacial score (nSPS) is 20.9. The first kappa shape index (κ1) is 14.0. The summed E-state index contributed by atoms with van der Waals surface area (Å²) in [4.78, 5) is 13.2. The van der Waals surface area contributed by atoms with Crippen LogP contribution in [0.25, 0.3) is 0 Å². The predicted octanol–water partition coefficient (Wildman–Crippen LogP) is 0.515. The second-order valence-electron chi connectivity index (χ2n) is 4.05. The third-order valence-corrected chi connectivity index (χ3v) is 3.62. The molecule has 0 bridgehead atoms. The molecule has 2 unspecified atom stereocenters. The lowest BCUT2D eigenvalue weighted by Gasteiger charge is -2.35. The van der Waals surface area contributed by atoms with Crippen molar-refractivity contribution in [3.8, 4) is 0 Å². The van der Waals surface area contributed by atoms with Gasteiger partial charge in [-0.2, -0.15) is 0 Å². The minimum atomic E-state index is -2.25. The van der Waals surface area contributed by atoms with Crippen molar-refractivity contribution >= 4 is 22.7 Å². The maximum atomic E-state index is 11.3. The molecule has 7 heteroatoms. The Bertz CT molecular complexity index is 476. The summed E-state index contributed by atoms with van der Waals surface area (Å²) in [6.07, 6.45) is 0. The molecule has 19 heavy (non-hydrogen) atoms. The topological polar surface area (TPSA) is 78.9 Å². The summed E-state index contributed by atoms with van der Waals surface area (Å²) in [5.74, 6) is -0.396. The zero-order valence-corrected chi connectivity index (χ0v) is 11.2. The first-order valence-corrected chi connectivity index (χ1v) is 6.88. The van der Waals surface area contributed by atoms with Crippen LogP contribution in [0.3, 0.4) is 0 Å². The van der Waals surface area contributed by atoms with Gasteiger partial charge < -0.3 is 18.9 Å². The van der Waals surface area contributed by atoms with Gasteiger partial charge in [-0.15, -0.1) is 0 Å². The smallest absolute Gasteiger partial charge is 0.337 e. The van der Waals surface area contributed by atoms with Gasteiger partial charge in [0.2, 0.25) is 0 Å². The van der Waals surface area contributed by atoms with Crippen LogP contribution in [0.5, 0.6) is 0 Å². The summed E-state index contributed by atoms with van der Waals surface area (Å²) in [6, 6.07) is 6.84. The molecule has 2 atom stereocenters. The van der Waals surface area contributed by atoms with Crippen LogP contribution in [0.1, 0.15) is 10.4 Å². The summed E-state index contributed by atoms with van der Waals surface area (Å²) in [7, 11) is 1.33. The molecule has 1 heterocycles. The quantitative estimate of drug-likeness (QED) is 0.594. The lowest BCUT2D eigenvalue weighted by molar-refractivity contribution is 0.0600. The van der Waals surface area contributed by atoms with Crippen molar-refractivity contribution in [3.63, 3.8) is 0 Å². The van der Waals surface area contributed by atoms with Crippen LogP contribution in [-0.4, -0.2) is 47.0 Å². The monoisotopic (exact) mass is 284 g/mol. The van der Waals surface area contributed by atoms with Crippen molar-refractivity contribution in [3.05, 3.63) is 29.8 Å². The highest BCUT2D eigenvalue weighted by molar-refractivity contribution is 7.79. The molecule has 0 N–H and O–H groups in total. The summed E-state index contributed by atoms with van der Waals surface area (Å²) >= 11 is -2.25. The van der Waals surface area contributed by atoms with E-state index < -0.39 is 22.5 Å². The molecule has 1 saturated heterocycles. The Morgan fingerprint density at radius 3 is 2.74 bits per heavy atom. The number of morpholine rings is 1.